The third kappa shape index (κ3) is 4.55. The fraction of sp³-hybridized carbons (Fsp3) is 0.222. The van der Waals surface area contributed by atoms with Crippen LogP contribution in [0, 0.1) is 11.7 Å². The van der Waals surface area contributed by atoms with Gasteiger partial charge in [-0.15, -0.1) is 0 Å². The van der Waals surface area contributed by atoms with Crippen LogP contribution in [-0.4, -0.2) is 17.9 Å². The van der Waals surface area contributed by atoms with Crippen LogP contribution in [-0.2, 0) is 4.79 Å². The number of halogens is 2. The van der Waals surface area contributed by atoms with Crippen LogP contribution < -0.4 is 10.6 Å². The molecule has 0 bridgehead atoms. The van der Waals surface area contributed by atoms with Crippen LogP contribution in [0.25, 0.3) is 0 Å². The first kappa shape index (κ1) is 17.9. The summed E-state index contributed by atoms with van der Waals surface area (Å²) < 4.78 is 13.7. The van der Waals surface area contributed by atoms with Crippen LogP contribution in [0.3, 0.4) is 0 Å². The third-order valence-corrected chi connectivity index (χ3v) is 3.72. The number of benzene rings is 2. The Morgan fingerprint density at radius 3 is 2.25 bits per heavy atom. The van der Waals surface area contributed by atoms with E-state index in [-0.39, 0.29) is 17.4 Å². The molecule has 0 aliphatic heterocycles. The molecule has 0 aliphatic rings. The van der Waals surface area contributed by atoms with Crippen molar-refractivity contribution >= 4 is 29.1 Å². The van der Waals surface area contributed by atoms with Crippen molar-refractivity contribution in [3.63, 3.8) is 0 Å². The number of amides is 2. The van der Waals surface area contributed by atoms with Gasteiger partial charge in [0, 0.05) is 10.7 Å². The Balaban J connectivity index is 2.11. The minimum Gasteiger partial charge on any atom is -0.340 e. The lowest BCUT2D eigenvalue weighted by Gasteiger charge is -2.22. The van der Waals surface area contributed by atoms with E-state index in [0.29, 0.717) is 10.7 Å². The molecule has 0 saturated heterocycles. The number of hydrogen-bond acceptors (Lipinski definition) is 2. The van der Waals surface area contributed by atoms with Gasteiger partial charge in [0.25, 0.3) is 5.91 Å². The Morgan fingerprint density at radius 1 is 1.04 bits per heavy atom. The Morgan fingerprint density at radius 2 is 1.67 bits per heavy atom. The van der Waals surface area contributed by atoms with Gasteiger partial charge in [0.05, 0.1) is 5.56 Å². The molecule has 0 radical (unpaired) electrons. The van der Waals surface area contributed by atoms with E-state index < -0.39 is 17.8 Å². The molecule has 2 rings (SSSR count). The Bertz CT molecular complexity index is 732. The van der Waals surface area contributed by atoms with Crippen molar-refractivity contribution in [1.29, 1.82) is 0 Å². The maximum atomic E-state index is 13.7. The SMILES string of the molecule is CC(C)C(NC(=O)c1ccccc1F)C(=O)Nc1ccc(Cl)cc1. The zero-order chi connectivity index (χ0) is 17.7. The molecule has 0 aliphatic carbocycles. The molecule has 1 atom stereocenters. The van der Waals surface area contributed by atoms with Gasteiger partial charge in [-0.2, -0.15) is 0 Å². The van der Waals surface area contributed by atoms with Gasteiger partial charge in [-0.05, 0) is 42.3 Å². The summed E-state index contributed by atoms with van der Waals surface area (Å²) in [6, 6.07) is 11.5. The molecule has 6 heteroatoms. The molecule has 0 fully saturated rings. The summed E-state index contributed by atoms with van der Waals surface area (Å²) in [5.41, 5.74) is 0.470. The summed E-state index contributed by atoms with van der Waals surface area (Å²) in [7, 11) is 0. The second kappa shape index (κ2) is 7.93. The lowest BCUT2D eigenvalue weighted by molar-refractivity contribution is -0.118. The van der Waals surface area contributed by atoms with E-state index in [2.05, 4.69) is 10.6 Å². The first-order valence-corrected chi connectivity index (χ1v) is 7.88. The first-order valence-electron chi connectivity index (χ1n) is 7.50. The van der Waals surface area contributed by atoms with E-state index in [1.165, 1.54) is 18.2 Å². The molecule has 2 aromatic carbocycles. The molecule has 0 saturated carbocycles. The zero-order valence-corrected chi connectivity index (χ0v) is 14.1. The number of hydrogen-bond donors (Lipinski definition) is 2. The van der Waals surface area contributed by atoms with Gasteiger partial charge in [-0.25, -0.2) is 4.39 Å². The summed E-state index contributed by atoms with van der Waals surface area (Å²) in [4.78, 5) is 24.7. The lowest BCUT2D eigenvalue weighted by Crippen LogP contribution is -2.47. The van der Waals surface area contributed by atoms with Gasteiger partial charge in [0.2, 0.25) is 5.91 Å². The predicted molar refractivity (Wildman–Crippen MR) is 92.6 cm³/mol. The molecule has 0 spiro atoms. The third-order valence-electron chi connectivity index (χ3n) is 3.47. The molecule has 2 N–H and O–H groups in total. The number of carbonyl (C=O) groups is 2. The molecule has 24 heavy (non-hydrogen) atoms. The molecular formula is C18H18ClFN2O2. The van der Waals surface area contributed by atoms with Crippen molar-refractivity contribution in [2.24, 2.45) is 5.92 Å². The van der Waals surface area contributed by atoms with Gasteiger partial charge in [-0.3, -0.25) is 9.59 Å². The quantitative estimate of drug-likeness (QED) is 0.861. The summed E-state index contributed by atoms with van der Waals surface area (Å²) >= 11 is 5.81. The topological polar surface area (TPSA) is 58.2 Å². The van der Waals surface area contributed by atoms with E-state index >= 15 is 0 Å². The fourth-order valence-corrected chi connectivity index (χ4v) is 2.28. The highest BCUT2D eigenvalue weighted by atomic mass is 35.5. The Labute approximate surface area is 145 Å². The fourth-order valence-electron chi connectivity index (χ4n) is 2.15. The van der Waals surface area contributed by atoms with E-state index in [1.54, 1.807) is 44.2 Å². The lowest BCUT2D eigenvalue weighted by atomic mass is 10.0. The van der Waals surface area contributed by atoms with Crippen LogP contribution >= 0.6 is 11.6 Å². The van der Waals surface area contributed by atoms with Crippen molar-refractivity contribution in [3.05, 3.63) is 64.9 Å². The highest BCUT2D eigenvalue weighted by Gasteiger charge is 2.25. The Hall–Kier alpha value is -2.40. The van der Waals surface area contributed by atoms with Gasteiger partial charge < -0.3 is 10.6 Å². The molecule has 1 unspecified atom stereocenters. The van der Waals surface area contributed by atoms with Crippen LogP contribution in [0.4, 0.5) is 10.1 Å². The monoisotopic (exact) mass is 348 g/mol. The minimum absolute atomic E-state index is 0.0950. The van der Waals surface area contributed by atoms with Crippen molar-refractivity contribution in [2.75, 3.05) is 5.32 Å². The Kier molecular flexibility index (Phi) is 5.93. The molecule has 0 heterocycles. The van der Waals surface area contributed by atoms with Crippen molar-refractivity contribution in [2.45, 2.75) is 19.9 Å². The molecule has 126 valence electrons. The van der Waals surface area contributed by atoms with Crippen LogP contribution in [0.2, 0.25) is 5.02 Å². The second-order valence-corrected chi connectivity index (χ2v) is 6.11. The van der Waals surface area contributed by atoms with Crippen LogP contribution in [0.15, 0.2) is 48.5 Å². The number of nitrogens with one attached hydrogen (secondary N) is 2. The standard InChI is InChI=1S/C18H18ClFN2O2/c1-11(2)16(18(24)21-13-9-7-12(19)8-10-13)22-17(23)14-5-3-4-6-15(14)20/h3-11,16H,1-2H3,(H,21,24)(H,22,23). The highest BCUT2D eigenvalue weighted by Crippen LogP contribution is 2.15. The maximum absolute atomic E-state index is 13.7. The smallest absolute Gasteiger partial charge is 0.254 e. The van der Waals surface area contributed by atoms with E-state index in [4.69, 9.17) is 11.6 Å². The molecular weight excluding hydrogens is 331 g/mol. The number of anilines is 1. The minimum atomic E-state index is -0.798. The first-order chi connectivity index (χ1) is 11.4. The summed E-state index contributed by atoms with van der Waals surface area (Å²) in [5, 5.41) is 5.86. The molecule has 2 aromatic rings. The van der Waals surface area contributed by atoms with Crippen molar-refractivity contribution in [1.82, 2.24) is 5.32 Å². The van der Waals surface area contributed by atoms with Gasteiger partial charge in [-0.1, -0.05) is 37.6 Å². The molecule has 0 aromatic heterocycles. The predicted octanol–water partition coefficient (Wildman–Crippen LogP) is 3.87. The second-order valence-electron chi connectivity index (χ2n) is 5.67. The van der Waals surface area contributed by atoms with Gasteiger partial charge >= 0.3 is 0 Å². The summed E-state index contributed by atoms with van der Waals surface area (Å²) in [6.07, 6.45) is 0. The summed E-state index contributed by atoms with van der Waals surface area (Å²) in [5.74, 6) is -1.81. The van der Waals surface area contributed by atoms with E-state index in [9.17, 15) is 14.0 Å². The van der Waals surface area contributed by atoms with Crippen molar-refractivity contribution in [3.8, 4) is 0 Å². The maximum Gasteiger partial charge on any atom is 0.254 e. The average molecular weight is 349 g/mol. The van der Waals surface area contributed by atoms with Crippen LogP contribution in [0.1, 0.15) is 24.2 Å². The zero-order valence-electron chi connectivity index (χ0n) is 13.3. The highest BCUT2D eigenvalue weighted by molar-refractivity contribution is 6.30. The van der Waals surface area contributed by atoms with E-state index in [0.717, 1.165) is 0 Å². The normalized spacial score (nSPS) is 11.9. The number of carbonyl (C=O) groups excluding carboxylic acids is 2. The average Bonchev–Trinajstić information content (AvgIpc) is 2.54. The van der Waals surface area contributed by atoms with Gasteiger partial charge in [0.1, 0.15) is 11.9 Å². The molecule has 2 amide bonds. The largest absolute Gasteiger partial charge is 0.340 e. The number of rotatable bonds is 5. The molecule has 4 nitrogen and oxygen atoms in total. The van der Waals surface area contributed by atoms with Gasteiger partial charge in [0.15, 0.2) is 0 Å². The summed E-state index contributed by atoms with van der Waals surface area (Å²) in [6.45, 7) is 3.60. The van der Waals surface area contributed by atoms with Crippen molar-refractivity contribution < 1.29 is 14.0 Å². The van der Waals surface area contributed by atoms with Crippen LogP contribution in [0.5, 0.6) is 0 Å². The van der Waals surface area contributed by atoms with E-state index in [1.807, 2.05) is 0 Å².